The molecule has 3 aromatic rings. The lowest BCUT2D eigenvalue weighted by Gasteiger charge is -2.13. The quantitative estimate of drug-likeness (QED) is 0.222. The van der Waals surface area contributed by atoms with Crippen LogP contribution in [0.4, 0.5) is 5.69 Å². The largest absolute Gasteiger partial charge is 0.455 e. The zero-order valence-electron chi connectivity index (χ0n) is 19.2. The maximum atomic E-state index is 12.6. The summed E-state index contributed by atoms with van der Waals surface area (Å²) in [6, 6.07) is 22.9. The van der Waals surface area contributed by atoms with E-state index in [1.54, 1.807) is 67.8 Å². The monoisotopic (exact) mass is 494 g/mol. The third kappa shape index (κ3) is 8.47. The van der Waals surface area contributed by atoms with Gasteiger partial charge in [-0.1, -0.05) is 42.5 Å². The zero-order chi connectivity index (χ0) is 24.9. The number of nitrogens with one attached hydrogen (secondary N) is 2. The van der Waals surface area contributed by atoms with Crippen LogP contribution in [0.1, 0.15) is 10.4 Å². The first kappa shape index (κ1) is 25.8. The van der Waals surface area contributed by atoms with Crippen molar-refractivity contribution in [1.82, 2.24) is 5.32 Å². The minimum Gasteiger partial charge on any atom is -0.455 e. The minimum atomic E-state index is -0.656. The van der Waals surface area contributed by atoms with Crippen molar-refractivity contribution in [3.05, 3.63) is 84.4 Å². The molecule has 0 aromatic heterocycles. The molecule has 3 rings (SSSR count). The molecule has 2 N–H and O–H groups in total. The summed E-state index contributed by atoms with van der Waals surface area (Å²) in [6.07, 6.45) is 0. The predicted molar refractivity (Wildman–Crippen MR) is 134 cm³/mol. The second-order valence-electron chi connectivity index (χ2n) is 7.16. The Hall–Kier alpha value is -3.82. The maximum absolute atomic E-state index is 12.6. The van der Waals surface area contributed by atoms with E-state index < -0.39 is 18.5 Å². The first-order chi connectivity index (χ1) is 17.1. The van der Waals surface area contributed by atoms with E-state index in [0.717, 1.165) is 0 Å². The molecule has 0 bridgehead atoms. The molecule has 0 saturated heterocycles. The highest BCUT2D eigenvalue weighted by Crippen LogP contribution is 2.29. The Kier molecular flexibility index (Phi) is 10.2. The minimum absolute atomic E-state index is 0.132. The van der Waals surface area contributed by atoms with Gasteiger partial charge in [-0.05, 0) is 36.4 Å². The number of amides is 2. The first-order valence-electron chi connectivity index (χ1n) is 10.8. The van der Waals surface area contributed by atoms with Gasteiger partial charge in [-0.2, -0.15) is 0 Å². The molecule has 182 valence electrons. The smallest absolute Gasteiger partial charge is 0.339 e. The number of ether oxygens (including phenoxy) is 3. The molecule has 0 atom stereocenters. The summed E-state index contributed by atoms with van der Waals surface area (Å²) in [7, 11) is 1.56. The Bertz CT molecular complexity index is 1140. The number of anilines is 1. The molecule has 35 heavy (non-hydrogen) atoms. The van der Waals surface area contributed by atoms with Gasteiger partial charge in [0.2, 0.25) is 5.91 Å². The van der Waals surface area contributed by atoms with Gasteiger partial charge in [0.05, 0.1) is 23.6 Å². The van der Waals surface area contributed by atoms with E-state index in [-0.39, 0.29) is 17.2 Å². The van der Waals surface area contributed by atoms with Gasteiger partial charge in [0, 0.05) is 18.6 Å². The van der Waals surface area contributed by atoms with Crippen LogP contribution in [-0.4, -0.2) is 50.4 Å². The third-order valence-corrected chi connectivity index (χ3v) is 5.63. The van der Waals surface area contributed by atoms with Crippen molar-refractivity contribution < 1.29 is 28.6 Å². The maximum Gasteiger partial charge on any atom is 0.339 e. The van der Waals surface area contributed by atoms with Crippen molar-refractivity contribution in [2.45, 2.75) is 4.90 Å². The molecule has 3 aromatic carbocycles. The summed E-state index contributed by atoms with van der Waals surface area (Å²) in [6.45, 7) is 0.355. The van der Waals surface area contributed by atoms with Crippen LogP contribution in [0.5, 0.6) is 11.5 Å². The molecule has 0 fully saturated rings. The van der Waals surface area contributed by atoms with E-state index in [9.17, 15) is 14.4 Å². The van der Waals surface area contributed by atoms with Gasteiger partial charge in [0.15, 0.2) is 12.4 Å². The SMILES string of the molecule is COCCNC(=O)CSc1ccccc1C(=O)OCC(=O)Nc1ccccc1Oc1ccccc1. The lowest BCUT2D eigenvalue weighted by molar-refractivity contribution is -0.119. The van der Waals surface area contributed by atoms with Crippen molar-refractivity contribution >= 4 is 35.2 Å². The number of esters is 1. The van der Waals surface area contributed by atoms with Gasteiger partial charge in [0.1, 0.15) is 5.75 Å². The Labute approximate surface area is 208 Å². The van der Waals surface area contributed by atoms with Crippen LogP contribution in [0.2, 0.25) is 0 Å². The molecule has 0 unspecified atom stereocenters. The van der Waals surface area contributed by atoms with Gasteiger partial charge < -0.3 is 24.8 Å². The van der Waals surface area contributed by atoms with Gasteiger partial charge >= 0.3 is 5.97 Å². The molecule has 0 aliphatic carbocycles. The Morgan fingerprint density at radius 3 is 2.37 bits per heavy atom. The number of hydrogen-bond acceptors (Lipinski definition) is 7. The highest BCUT2D eigenvalue weighted by molar-refractivity contribution is 8.00. The van der Waals surface area contributed by atoms with Crippen molar-refractivity contribution in [1.29, 1.82) is 0 Å². The molecule has 0 spiro atoms. The van der Waals surface area contributed by atoms with Crippen LogP contribution in [0.25, 0.3) is 0 Å². The van der Waals surface area contributed by atoms with Crippen LogP contribution >= 0.6 is 11.8 Å². The molecule has 0 aliphatic rings. The summed E-state index contributed by atoms with van der Waals surface area (Å²) in [5.41, 5.74) is 0.732. The molecule has 0 aliphatic heterocycles. The lowest BCUT2D eigenvalue weighted by atomic mass is 10.2. The Morgan fingerprint density at radius 2 is 1.57 bits per heavy atom. The van der Waals surface area contributed by atoms with E-state index in [1.807, 2.05) is 18.2 Å². The third-order valence-electron chi connectivity index (χ3n) is 4.56. The average molecular weight is 495 g/mol. The number of carbonyl (C=O) groups is 3. The van der Waals surface area contributed by atoms with Crippen LogP contribution in [0.3, 0.4) is 0 Å². The van der Waals surface area contributed by atoms with Crippen LogP contribution in [-0.2, 0) is 19.1 Å². The molecular formula is C26H26N2O6S. The fourth-order valence-corrected chi connectivity index (χ4v) is 3.79. The average Bonchev–Trinajstić information content (AvgIpc) is 2.88. The number of methoxy groups -OCH3 is 1. The second-order valence-corrected chi connectivity index (χ2v) is 8.18. The van der Waals surface area contributed by atoms with Crippen molar-refractivity contribution in [2.24, 2.45) is 0 Å². The van der Waals surface area contributed by atoms with E-state index in [1.165, 1.54) is 11.8 Å². The standard InChI is InChI=1S/C26H26N2O6S/c1-32-16-15-27-25(30)18-35-23-14-8-5-11-20(23)26(31)33-17-24(29)28-21-12-6-7-13-22(21)34-19-9-3-2-4-10-19/h2-14H,15-18H2,1H3,(H,27,30)(H,28,29). The van der Waals surface area contributed by atoms with Crippen LogP contribution < -0.4 is 15.4 Å². The van der Waals surface area contributed by atoms with E-state index in [4.69, 9.17) is 14.2 Å². The highest BCUT2D eigenvalue weighted by Gasteiger charge is 2.16. The molecule has 2 amide bonds. The number of benzene rings is 3. The summed E-state index contributed by atoms with van der Waals surface area (Å²) < 4.78 is 16.0. The van der Waals surface area contributed by atoms with E-state index in [0.29, 0.717) is 35.2 Å². The molecule has 0 saturated carbocycles. The van der Waals surface area contributed by atoms with E-state index in [2.05, 4.69) is 10.6 Å². The van der Waals surface area contributed by atoms with Crippen molar-refractivity contribution in [2.75, 3.05) is 37.9 Å². The zero-order valence-corrected chi connectivity index (χ0v) is 20.0. The summed E-state index contributed by atoms with van der Waals surface area (Å²) in [5.74, 6) is -0.119. The highest BCUT2D eigenvalue weighted by atomic mass is 32.2. The second kappa shape index (κ2) is 13.8. The first-order valence-corrected chi connectivity index (χ1v) is 11.8. The van der Waals surface area contributed by atoms with Crippen LogP contribution in [0.15, 0.2) is 83.8 Å². The number of thioether (sulfide) groups is 1. The number of para-hydroxylation sites is 3. The van der Waals surface area contributed by atoms with Gasteiger partial charge in [0.25, 0.3) is 5.91 Å². The normalized spacial score (nSPS) is 10.3. The number of rotatable bonds is 12. The molecule has 9 heteroatoms. The summed E-state index contributed by atoms with van der Waals surface area (Å²) >= 11 is 1.21. The van der Waals surface area contributed by atoms with Crippen molar-refractivity contribution in [3.8, 4) is 11.5 Å². The molecule has 0 heterocycles. The summed E-state index contributed by atoms with van der Waals surface area (Å²) in [4.78, 5) is 37.6. The molecule has 8 nitrogen and oxygen atoms in total. The Morgan fingerprint density at radius 1 is 0.857 bits per heavy atom. The number of hydrogen-bond donors (Lipinski definition) is 2. The fourth-order valence-electron chi connectivity index (χ4n) is 2.92. The number of carbonyl (C=O) groups excluding carboxylic acids is 3. The fraction of sp³-hybridized carbons (Fsp3) is 0.192. The molecular weight excluding hydrogens is 468 g/mol. The Balaban J connectivity index is 1.54. The topological polar surface area (TPSA) is 103 Å². The van der Waals surface area contributed by atoms with Gasteiger partial charge in [-0.15, -0.1) is 11.8 Å². The predicted octanol–water partition coefficient (Wildman–Crippen LogP) is 4.13. The van der Waals surface area contributed by atoms with Crippen LogP contribution in [0, 0.1) is 0 Å². The summed E-state index contributed by atoms with van der Waals surface area (Å²) in [5, 5.41) is 5.43. The van der Waals surface area contributed by atoms with Gasteiger partial charge in [-0.3, -0.25) is 9.59 Å². The lowest BCUT2D eigenvalue weighted by Crippen LogP contribution is -2.28. The van der Waals surface area contributed by atoms with E-state index >= 15 is 0 Å². The van der Waals surface area contributed by atoms with Gasteiger partial charge in [-0.25, -0.2) is 4.79 Å². The van der Waals surface area contributed by atoms with Crippen molar-refractivity contribution in [3.63, 3.8) is 0 Å². The molecule has 0 radical (unpaired) electrons.